The maximum Gasteiger partial charge on any atom is 0.257 e. The van der Waals surface area contributed by atoms with Gasteiger partial charge in [0.05, 0.1) is 11.3 Å². The van der Waals surface area contributed by atoms with Crippen LogP contribution in [0.2, 0.25) is 5.02 Å². The van der Waals surface area contributed by atoms with Crippen molar-refractivity contribution < 1.29 is 4.79 Å². The summed E-state index contributed by atoms with van der Waals surface area (Å²) in [4.78, 5) is 12.2. The standard InChI is InChI=1S/C14H14ClN3O/c1-9-8-10(15)6-7-12(9)17-14(19)11-4-2-3-5-13(11)18-16/h2-8,18H,16H2,1H3,(H,17,19). The van der Waals surface area contributed by atoms with Gasteiger partial charge in [0.2, 0.25) is 0 Å². The van der Waals surface area contributed by atoms with E-state index in [1.165, 1.54) is 0 Å². The van der Waals surface area contributed by atoms with Gasteiger partial charge in [-0.2, -0.15) is 0 Å². The van der Waals surface area contributed by atoms with E-state index in [1.807, 2.05) is 6.92 Å². The molecule has 0 bridgehead atoms. The van der Waals surface area contributed by atoms with E-state index in [1.54, 1.807) is 42.5 Å². The van der Waals surface area contributed by atoms with Gasteiger partial charge < -0.3 is 10.7 Å². The molecule has 2 aromatic carbocycles. The van der Waals surface area contributed by atoms with Crippen molar-refractivity contribution in [1.29, 1.82) is 0 Å². The Morgan fingerprint density at radius 2 is 1.89 bits per heavy atom. The number of rotatable bonds is 3. The molecular weight excluding hydrogens is 262 g/mol. The number of halogens is 1. The fraction of sp³-hybridized carbons (Fsp3) is 0.0714. The molecule has 1 amide bonds. The first-order valence-electron chi connectivity index (χ1n) is 5.75. The molecule has 0 saturated heterocycles. The summed E-state index contributed by atoms with van der Waals surface area (Å²) < 4.78 is 0. The fourth-order valence-corrected chi connectivity index (χ4v) is 1.99. The molecule has 0 aliphatic rings. The number of carbonyl (C=O) groups excluding carboxylic acids is 1. The molecule has 0 aromatic heterocycles. The molecule has 0 aliphatic heterocycles. The molecule has 5 heteroatoms. The number of nitrogens with two attached hydrogens (primary N) is 1. The first-order valence-corrected chi connectivity index (χ1v) is 6.13. The number of carbonyl (C=O) groups is 1. The van der Waals surface area contributed by atoms with Crippen LogP contribution in [-0.4, -0.2) is 5.91 Å². The van der Waals surface area contributed by atoms with Crippen molar-refractivity contribution in [3.8, 4) is 0 Å². The van der Waals surface area contributed by atoms with Crippen LogP contribution < -0.4 is 16.6 Å². The van der Waals surface area contributed by atoms with E-state index in [-0.39, 0.29) is 5.91 Å². The third-order valence-electron chi connectivity index (χ3n) is 2.76. The lowest BCUT2D eigenvalue weighted by atomic mass is 10.1. The van der Waals surface area contributed by atoms with E-state index in [9.17, 15) is 4.79 Å². The van der Waals surface area contributed by atoms with Crippen LogP contribution in [0.1, 0.15) is 15.9 Å². The van der Waals surface area contributed by atoms with Crippen molar-refractivity contribution in [2.45, 2.75) is 6.92 Å². The highest BCUT2D eigenvalue weighted by molar-refractivity contribution is 6.30. The van der Waals surface area contributed by atoms with Gasteiger partial charge in [0.25, 0.3) is 5.91 Å². The van der Waals surface area contributed by atoms with E-state index in [0.29, 0.717) is 16.3 Å². The van der Waals surface area contributed by atoms with Crippen LogP contribution in [0.25, 0.3) is 0 Å². The molecule has 2 aromatic rings. The SMILES string of the molecule is Cc1cc(Cl)ccc1NC(=O)c1ccccc1NN. The molecule has 19 heavy (non-hydrogen) atoms. The summed E-state index contributed by atoms with van der Waals surface area (Å²) >= 11 is 5.88. The molecule has 2 rings (SSSR count). The van der Waals surface area contributed by atoms with Crippen molar-refractivity contribution in [2.24, 2.45) is 5.84 Å². The molecular formula is C14H14ClN3O. The Balaban J connectivity index is 2.26. The second kappa shape index (κ2) is 5.73. The maximum atomic E-state index is 12.2. The molecule has 0 atom stereocenters. The summed E-state index contributed by atoms with van der Waals surface area (Å²) in [6.07, 6.45) is 0. The van der Waals surface area contributed by atoms with Gasteiger partial charge in [-0.25, -0.2) is 0 Å². The number of anilines is 2. The lowest BCUT2D eigenvalue weighted by Crippen LogP contribution is -2.17. The lowest BCUT2D eigenvalue weighted by Gasteiger charge is -2.11. The summed E-state index contributed by atoms with van der Waals surface area (Å²) in [5.41, 5.74) is 5.19. The monoisotopic (exact) mass is 275 g/mol. The zero-order chi connectivity index (χ0) is 13.8. The number of hydrazine groups is 1. The third kappa shape index (κ3) is 3.05. The minimum atomic E-state index is -0.223. The quantitative estimate of drug-likeness (QED) is 0.595. The summed E-state index contributed by atoms with van der Waals surface area (Å²) in [5, 5.41) is 3.47. The van der Waals surface area contributed by atoms with Crippen molar-refractivity contribution in [1.82, 2.24) is 0 Å². The number of benzene rings is 2. The Hall–Kier alpha value is -2.04. The number of hydrogen-bond donors (Lipinski definition) is 3. The molecule has 0 radical (unpaired) electrons. The van der Waals surface area contributed by atoms with E-state index in [4.69, 9.17) is 17.4 Å². The topological polar surface area (TPSA) is 67.2 Å². The Kier molecular flexibility index (Phi) is 4.04. The zero-order valence-electron chi connectivity index (χ0n) is 10.4. The van der Waals surface area contributed by atoms with Crippen molar-refractivity contribution >= 4 is 28.9 Å². The zero-order valence-corrected chi connectivity index (χ0v) is 11.2. The average molecular weight is 276 g/mol. The predicted octanol–water partition coefficient (Wildman–Crippen LogP) is 3.19. The molecule has 0 heterocycles. The van der Waals surface area contributed by atoms with Crippen molar-refractivity contribution in [3.63, 3.8) is 0 Å². The Labute approximate surface area is 116 Å². The molecule has 0 unspecified atom stereocenters. The molecule has 4 nitrogen and oxygen atoms in total. The highest BCUT2D eigenvalue weighted by Crippen LogP contribution is 2.21. The van der Waals surface area contributed by atoms with Crippen molar-refractivity contribution in [3.05, 3.63) is 58.6 Å². The number of hydrogen-bond acceptors (Lipinski definition) is 3. The normalized spacial score (nSPS) is 10.1. The first kappa shape index (κ1) is 13.4. The van der Waals surface area contributed by atoms with Gasteiger partial charge in [-0.15, -0.1) is 0 Å². The van der Waals surface area contributed by atoms with Gasteiger partial charge in [0.15, 0.2) is 0 Å². The number of nitrogen functional groups attached to an aromatic ring is 1. The largest absolute Gasteiger partial charge is 0.323 e. The summed E-state index contributed by atoms with van der Waals surface area (Å²) in [5.74, 6) is 5.16. The fourth-order valence-electron chi connectivity index (χ4n) is 1.76. The highest BCUT2D eigenvalue weighted by Gasteiger charge is 2.11. The van der Waals surface area contributed by atoms with Gasteiger partial charge in [-0.3, -0.25) is 10.6 Å². The Bertz CT molecular complexity index is 613. The first-order chi connectivity index (χ1) is 9.11. The third-order valence-corrected chi connectivity index (χ3v) is 3.00. The van der Waals surface area contributed by atoms with Crippen LogP contribution in [0, 0.1) is 6.92 Å². The summed E-state index contributed by atoms with van der Waals surface area (Å²) in [7, 11) is 0. The van der Waals surface area contributed by atoms with Gasteiger partial charge >= 0.3 is 0 Å². The second-order valence-electron chi connectivity index (χ2n) is 4.10. The van der Waals surface area contributed by atoms with E-state index in [2.05, 4.69) is 10.7 Å². The Morgan fingerprint density at radius 1 is 1.16 bits per heavy atom. The van der Waals surface area contributed by atoms with E-state index >= 15 is 0 Å². The van der Waals surface area contributed by atoms with Crippen LogP contribution in [-0.2, 0) is 0 Å². The number of para-hydroxylation sites is 1. The van der Waals surface area contributed by atoms with Gasteiger partial charge in [0, 0.05) is 10.7 Å². The van der Waals surface area contributed by atoms with Crippen molar-refractivity contribution in [2.75, 3.05) is 10.7 Å². The van der Waals surface area contributed by atoms with Crippen LogP contribution in [0.5, 0.6) is 0 Å². The molecule has 0 fully saturated rings. The van der Waals surface area contributed by atoms with Crippen LogP contribution in [0.15, 0.2) is 42.5 Å². The van der Waals surface area contributed by atoms with Gasteiger partial charge in [-0.05, 0) is 42.8 Å². The van der Waals surface area contributed by atoms with Crippen LogP contribution in [0.4, 0.5) is 11.4 Å². The van der Waals surface area contributed by atoms with E-state index < -0.39 is 0 Å². The molecule has 98 valence electrons. The second-order valence-corrected chi connectivity index (χ2v) is 4.54. The number of aryl methyl sites for hydroxylation is 1. The van der Waals surface area contributed by atoms with Crippen LogP contribution in [0.3, 0.4) is 0 Å². The number of amides is 1. The predicted molar refractivity (Wildman–Crippen MR) is 78.4 cm³/mol. The molecule has 0 aliphatic carbocycles. The minimum Gasteiger partial charge on any atom is -0.323 e. The average Bonchev–Trinajstić information content (AvgIpc) is 2.41. The smallest absolute Gasteiger partial charge is 0.257 e. The summed E-state index contributed by atoms with van der Waals surface area (Å²) in [6.45, 7) is 1.88. The molecule has 0 spiro atoms. The molecule has 4 N–H and O–H groups in total. The van der Waals surface area contributed by atoms with E-state index in [0.717, 1.165) is 11.3 Å². The number of nitrogens with one attached hydrogen (secondary N) is 2. The van der Waals surface area contributed by atoms with Gasteiger partial charge in [0.1, 0.15) is 0 Å². The molecule has 0 saturated carbocycles. The van der Waals surface area contributed by atoms with Gasteiger partial charge in [-0.1, -0.05) is 23.7 Å². The maximum absolute atomic E-state index is 12.2. The Morgan fingerprint density at radius 3 is 2.58 bits per heavy atom. The highest BCUT2D eigenvalue weighted by atomic mass is 35.5. The lowest BCUT2D eigenvalue weighted by molar-refractivity contribution is 0.102. The summed E-state index contributed by atoms with van der Waals surface area (Å²) in [6, 6.07) is 12.3. The van der Waals surface area contributed by atoms with Crippen LogP contribution >= 0.6 is 11.6 Å². The minimum absolute atomic E-state index is 0.223.